The molecule has 0 saturated carbocycles. The molecule has 0 aliphatic heterocycles. The van der Waals surface area contributed by atoms with E-state index in [0.717, 1.165) is 4.31 Å². The summed E-state index contributed by atoms with van der Waals surface area (Å²) >= 11 is 18.1. The molecule has 0 heterocycles. The summed E-state index contributed by atoms with van der Waals surface area (Å²) < 4.78 is 26.8. The highest BCUT2D eigenvalue weighted by molar-refractivity contribution is 7.89. The third-order valence-electron chi connectivity index (χ3n) is 4.97. The number of rotatable bonds is 10. The maximum Gasteiger partial charge on any atom is 0.243 e. The summed E-state index contributed by atoms with van der Waals surface area (Å²) in [5.41, 5.74) is 0.584. The van der Waals surface area contributed by atoms with Crippen molar-refractivity contribution in [3.05, 3.63) is 63.1 Å². The van der Waals surface area contributed by atoms with Crippen LogP contribution >= 0.6 is 34.8 Å². The molecular weight excluding hydrogens is 509 g/mol. The minimum Gasteiger partial charge on any atom is -0.355 e. The first-order valence-electron chi connectivity index (χ1n) is 10.2. The molecule has 0 bridgehead atoms. The Labute approximate surface area is 209 Å². The Morgan fingerprint density at radius 3 is 2.15 bits per heavy atom. The number of benzene rings is 2. The largest absolute Gasteiger partial charge is 0.355 e. The van der Waals surface area contributed by atoms with Crippen LogP contribution in [0.15, 0.2) is 47.4 Å². The van der Waals surface area contributed by atoms with Gasteiger partial charge >= 0.3 is 0 Å². The van der Waals surface area contributed by atoms with Gasteiger partial charge < -0.3 is 10.2 Å². The van der Waals surface area contributed by atoms with E-state index >= 15 is 0 Å². The van der Waals surface area contributed by atoms with Crippen LogP contribution in [-0.4, -0.2) is 55.6 Å². The van der Waals surface area contributed by atoms with Gasteiger partial charge in [0.05, 0.1) is 11.4 Å². The van der Waals surface area contributed by atoms with E-state index in [9.17, 15) is 18.0 Å². The van der Waals surface area contributed by atoms with Crippen LogP contribution in [0.5, 0.6) is 0 Å². The Hall–Kier alpha value is -1.84. The van der Waals surface area contributed by atoms with Gasteiger partial charge in [-0.3, -0.25) is 9.59 Å². The van der Waals surface area contributed by atoms with Gasteiger partial charge in [0.2, 0.25) is 21.8 Å². The fourth-order valence-corrected chi connectivity index (χ4v) is 4.91. The highest BCUT2D eigenvalue weighted by Crippen LogP contribution is 2.24. The minimum atomic E-state index is -3.95. The van der Waals surface area contributed by atoms with Crippen molar-refractivity contribution < 1.29 is 18.0 Å². The predicted octanol–water partition coefficient (Wildman–Crippen LogP) is 4.21. The number of carbonyl (C=O) groups excluding carboxylic acids is 2. The van der Waals surface area contributed by atoms with Crippen LogP contribution in [0.3, 0.4) is 0 Å². The van der Waals surface area contributed by atoms with E-state index in [1.54, 1.807) is 32.0 Å². The maximum atomic E-state index is 13.3. The molecule has 180 valence electrons. The summed E-state index contributed by atoms with van der Waals surface area (Å²) in [5, 5.41) is 3.90. The Bertz CT molecular complexity index is 1090. The molecule has 2 amide bonds. The molecular formula is C22H26Cl3N3O4S. The zero-order valence-electron chi connectivity index (χ0n) is 18.5. The van der Waals surface area contributed by atoms with E-state index < -0.39 is 28.5 Å². The van der Waals surface area contributed by atoms with Gasteiger partial charge in [0.15, 0.2) is 0 Å². The van der Waals surface area contributed by atoms with Crippen LogP contribution in [0.2, 0.25) is 15.1 Å². The lowest BCUT2D eigenvalue weighted by atomic mass is 10.1. The Kier molecular flexibility index (Phi) is 10.00. The second-order valence-corrected chi connectivity index (χ2v) is 10.6. The molecule has 7 nitrogen and oxygen atoms in total. The van der Waals surface area contributed by atoms with Gasteiger partial charge in [-0.15, -0.1) is 0 Å². The lowest BCUT2D eigenvalue weighted by Gasteiger charge is -2.32. The van der Waals surface area contributed by atoms with Gasteiger partial charge in [-0.2, -0.15) is 4.31 Å². The third-order valence-corrected chi connectivity index (χ3v) is 7.63. The van der Waals surface area contributed by atoms with Crippen molar-refractivity contribution in [2.45, 2.75) is 37.8 Å². The number of amides is 2. The quantitative estimate of drug-likeness (QED) is 0.495. The Morgan fingerprint density at radius 1 is 1.00 bits per heavy atom. The second-order valence-electron chi connectivity index (χ2n) is 7.29. The molecule has 1 N–H and O–H groups in total. The van der Waals surface area contributed by atoms with Crippen LogP contribution in [0.4, 0.5) is 0 Å². The van der Waals surface area contributed by atoms with Crippen LogP contribution in [0.1, 0.15) is 25.8 Å². The summed E-state index contributed by atoms with van der Waals surface area (Å²) in [6.45, 7) is 3.49. The number of carbonyl (C=O) groups is 2. The van der Waals surface area contributed by atoms with Crippen molar-refractivity contribution >= 4 is 56.6 Å². The van der Waals surface area contributed by atoms with E-state index in [4.69, 9.17) is 34.8 Å². The molecule has 2 rings (SSSR count). The fraction of sp³-hybridized carbons (Fsp3) is 0.364. The normalized spacial score (nSPS) is 12.5. The minimum absolute atomic E-state index is 0.00487. The van der Waals surface area contributed by atoms with E-state index in [-0.39, 0.29) is 17.3 Å². The van der Waals surface area contributed by atoms with Gasteiger partial charge in [-0.1, -0.05) is 47.8 Å². The Morgan fingerprint density at radius 2 is 1.61 bits per heavy atom. The number of nitrogens with one attached hydrogen (secondary N) is 1. The summed E-state index contributed by atoms with van der Waals surface area (Å²) in [6, 6.07) is 9.70. The summed E-state index contributed by atoms with van der Waals surface area (Å²) in [4.78, 5) is 27.4. The molecule has 0 spiro atoms. The molecule has 1 atom stereocenters. The lowest BCUT2D eigenvalue weighted by Crippen LogP contribution is -2.51. The average Bonchev–Trinajstić information content (AvgIpc) is 2.75. The van der Waals surface area contributed by atoms with E-state index in [2.05, 4.69) is 5.32 Å². The van der Waals surface area contributed by atoms with Crippen molar-refractivity contribution in [3.63, 3.8) is 0 Å². The number of likely N-dealkylation sites (N-methyl/N-ethyl adjacent to an activating group) is 2. The number of hydrogen-bond donors (Lipinski definition) is 1. The van der Waals surface area contributed by atoms with Crippen LogP contribution in [0, 0.1) is 0 Å². The van der Waals surface area contributed by atoms with Crippen molar-refractivity contribution in [1.82, 2.24) is 14.5 Å². The Balaban J connectivity index is 2.35. The lowest BCUT2D eigenvalue weighted by molar-refractivity contribution is -0.141. The van der Waals surface area contributed by atoms with Gasteiger partial charge in [0.25, 0.3) is 0 Å². The van der Waals surface area contributed by atoms with Crippen LogP contribution in [0.25, 0.3) is 0 Å². The SMILES string of the molecule is CCNC(=O)C(CC)N(Cc1ccc(Cl)cc1Cl)C(=O)CN(C)S(=O)(=O)c1ccc(Cl)cc1. The molecule has 0 aliphatic carbocycles. The number of halogens is 3. The summed E-state index contributed by atoms with van der Waals surface area (Å²) in [6.07, 6.45) is 0.330. The van der Waals surface area contributed by atoms with Gasteiger partial charge in [-0.25, -0.2) is 8.42 Å². The van der Waals surface area contributed by atoms with Gasteiger partial charge in [0, 0.05) is 35.2 Å². The van der Waals surface area contributed by atoms with Crippen molar-refractivity contribution in [2.75, 3.05) is 20.1 Å². The molecule has 1 unspecified atom stereocenters. The predicted molar refractivity (Wildman–Crippen MR) is 131 cm³/mol. The second kappa shape index (κ2) is 12.0. The zero-order chi connectivity index (χ0) is 24.8. The molecule has 0 aliphatic rings. The van der Waals surface area contributed by atoms with Crippen LogP contribution < -0.4 is 5.32 Å². The monoisotopic (exact) mass is 533 g/mol. The molecule has 0 aromatic heterocycles. The smallest absolute Gasteiger partial charge is 0.243 e. The van der Waals surface area contributed by atoms with Gasteiger partial charge in [-0.05, 0) is 55.3 Å². The standard InChI is InChI=1S/C22H26Cl3N3O4S/c1-4-20(22(30)26-5-2)28(13-15-6-7-17(24)12-19(15)25)21(29)14-27(3)33(31,32)18-10-8-16(23)9-11-18/h6-12,20H,4-5,13-14H2,1-3H3,(H,26,30). The molecule has 33 heavy (non-hydrogen) atoms. The zero-order valence-corrected chi connectivity index (χ0v) is 21.6. The highest BCUT2D eigenvalue weighted by Gasteiger charge is 2.32. The number of hydrogen-bond acceptors (Lipinski definition) is 4. The first kappa shape index (κ1) is 27.4. The molecule has 11 heteroatoms. The maximum absolute atomic E-state index is 13.3. The van der Waals surface area contributed by atoms with Crippen molar-refractivity contribution in [3.8, 4) is 0 Å². The van der Waals surface area contributed by atoms with E-state index in [1.807, 2.05) is 0 Å². The van der Waals surface area contributed by atoms with E-state index in [0.29, 0.717) is 33.6 Å². The fourth-order valence-electron chi connectivity index (χ4n) is 3.20. The van der Waals surface area contributed by atoms with Crippen molar-refractivity contribution in [2.24, 2.45) is 0 Å². The molecule has 0 radical (unpaired) electrons. The molecule has 2 aromatic rings. The first-order valence-corrected chi connectivity index (χ1v) is 12.8. The average molecular weight is 535 g/mol. The highest BCUT2D eigenvalue weighted by atomic mass is 35.5. The van der Waals surface area contributed by atoms with E-state index in [1.165, 1.54) is 36.2 Å². The van der Waals surface area contributed by atoms with Crippen molar-refractivity contribution in [1.29, 1.82) is 0 Å². The molecule has 0 fully saturated rings. The number of sulfonamides is 1. The summed E-state index contributed by atoms with van der Waals surface area (Å²) in [7, 11) is -2.64. The van der Waals surface area contributed by atoms with Crippen LogP contribution in [-0.2, 0) is 26.2 Å². The summed E-state index contributed by atoms with van der Waals surface area (Å²) in [5.74, 6) is -0.874. The molecule has 0 saturated heterocycles. The topological polar surface area (TPSA) is 86.8 Å². The first-order chi connectivity index (χ1) is 15.5. The van der Waals surface area contributed by atoms with Gasteiger partial charge in [0.1, 0.15) is 6.04 Å². The number of nitrogens with zero attached hydrogens (tertiary/aromatic N) is 2. The molecule has 2 aromatic carbocycles. The third kappa shape index (κ3) is 7.07.